The van der Waals surface area contributed by atoms with Crippen LogP contribution in [0.1, 0.15) is 32.8 Å². The van der Waals surface area contributed by atoms with Gasteiger partial charge in [-0.25, -0.2) is 4.79 Å². The van der Waals surface area contributed by atoms with E-state index in [1.807, 2.05) is 32.9 Å². The topological polar surface area (TPSA) is 100.0 Å². The molecule has 134 valence electrons. The van der Waals surface area contributed by atoms with Gasteiger partial charge < -0.3 is 14.9 Å². The largest absolute Gasteiger partial charge is 0.476 e. The van der Waals surface area contributed by atoms with Crippen LogP contribution in [0.3, 0.4) is 0 Å². The molecule has 0 spiro atoms. The van der Waals surface area contributed by atoms with E-state index < -0.39 is 35.5 Å². The summed E-state index contributed by atoms with van der Waals surface area (Å²) >= 11 is 0. The van der Waals surface area contributed by atoms with Crippen molar-refractivity contribution in [3.8, 4) is 0 Å². The highest BCUT2D eigenvalue weighted by Crippen LogP contribution is 2.47. The number of β-lactam (4-membered cyclic amide) rings is 1. The van der Waals surface area contributed by atoms with E-state index in [9.17, 15) is 19.8 Å². The lowest BCUT2D eigenvalue weighted by Gasteiger charge is -2.43. The van der Waals surface area contributed by atoms with Crippen LogP contribution in [0.15, 0.2) is 36.0 Å². The average Bonchev–Trinajstić information content (AvgIpc) is 2.89. The minimum Gasteiger partial charge on any atom is -0.476 e. The molecule has 2 N–H and O–H groups in total. The zero-order valence-corrected chi connectivity index (χ0v) is 14.5. The zero-order chi connectivity index (χ0) is 18.4. The van der Waals surface area contributed by atoms with Crippen molar-refractivity contribution in [2.24, 2.45) is 11.3 Å². The number of aliphatic hydroxyl groups is 1. The molecular weight excluding hydrogens is 324 g/mol. The van der Waals surface area contributed by atoms with E-state index in [1.54, 1.807) is 12.4 Å². The quantitative estimate of drug-likeness (QED) is 0.785. The van der Waals surface area contributed by atoms with Crippen molar-refractivity contribution in [3.63, 3.8) is 0 Å². The van der Waals surface area contributed by atoms with E-state index in [1.165, 1.54) is 0 Å². The number of carbonyl (C=O) groups is 2. The Labute approximate surface area is 145 Å². The number of hydrogen-bond acceptors (Lipinski definition) is 5. The number of carboxylic acids is 1. The number of fused-ring (bicyclic) bond motifs is 1. The van der Waals surface area contributed by atoms with Crippen LogP contribution in [0.2, 0.25) is 0 Å². The molecule has 25 heavy (non-hydrogen) atoms. The molecule has 0 bridgehead atoms. The van der Waals surface area contributed by atoms with Crippen LogP contribution >= 0.6 is 0 Å². The number of amides is 1. The number of aliphatic hydroxyl groups excluding tert-OH is 1. The predicted octanol–water partition coefficient (Wildman–Crippen LogP) is 1.53. The Morgan fingerprint density at radius 2 is 2.00 bits per heavy atom. The number of aliphatic carboxylic acids is 1. The number of hydrogen-bond donors (Lipinski definition) is 2. The lowest BCUT2D eigenvalue weighted by atomic mass is 9.86. The third kappa shape index (κ3) is 3.00. The molecule has 3 rings (SSSR count). The van der Waals surface area contributed by atoms with Crippen LogP contribution in [0.5, 0.6) is 0 Å². The summed E-state index contributed by atoms with van der Waals surface area (Å²) in [6, 6.07) is 3.71. The highest BCUT2D eigenvalue weighted by atomic mass is 16.5. The maximum Gasteiger partial charge on any atom is 0.356 e. The van der Waals surface area contributed by atoms with E-state index in [0.29, 0.717) is 12.8 Å². The summed E-state index contributed by atoms with van der Waals surface area (Å²) in [5.74, 6) is -2.05. The van der Waals surface area contributed by atoms with E-state index in [0.717, 1.165) is 10.5 Å². The first kappa shape index (κ1) is 17.4. The van der Waals surface area contributed by atoms with Crippen molar-refractivity contribution in [3.05, 3.63) is 41.5 Å². The Balaban J connectivity index is 1.72. The second kappa shape index (κ2) is 6.15. The first-order valence-corrected chi connectivity index (χ1v) is 8.26. The number of rotatable bonds is 5. The van der Waals surface area contributed by atoms with Crippen LogP contribution < -0.4 is 0 Å². The molecule has 0 saturated carbocycles. The third-order valence-corrected chi connectivity index (χ3v) is 4.56. The fraction of sp³-hybridized carbons (Fsp3) is 0.500. The first-order chi connectivity index (χ1) is 11.7. The smallest absolute Gasteiger partial charge is 0.356 e. The Morgan fingerprint density at radius 3 is 2.56 bits per heavy atom. The van der Waals surface area contributed by atoms with Crippen LogP contribution in [0.25, 0.3) is 0 Å². The lowest BCUT2D eigenvalue weighted by molar-refractivity contribution is -0.184. The van der Waals surface area contributed by atoms with Gasteiger partial charge in [0.25, 0.3) is 0 Å². The SMILES string of the molecule is CC(C)(C)C1=C(C(=O)O)N2C(=O)[C@H]([C@H](O)CCc3ccncc3)[C@H]2O1. The standard InChI is InChI=1S/C18H22N2O5/c1-18(2,3)14-13(17(23)24)20-15(22)12(16(20)25-14)11(21)5-4-10-6-8-19-9-7-10/h6-9,11-12,16,21H,4-5H2,1-3H3,(H,23,24)/t11-,12+,16-/m1/s1. The Morgan fingerprint density at radius 1 is 1.36 bits per heavy atom. The molecule has 1 saturated heterocycles. The Bertz CT molecular complexity index is 723. The number of aromatic nitrogens is 1. The van der Waals surface area contributed by atoms with Gasteiger partial charge in [0.05, 0.1) is 6.10 Å². The molecule has 1 aromatic rings. The van der Waals surface area contributed by atoms with E-state index in [-0.39, 0.29) is 11.5 Å². The molecule has 7 nitrogen and oxygen atoms in total. The van der Waals surface area contributed by atoms with E-state index >= 15 is 0 Å². The molecule has 2 aliphatic heterocycles. The van der Waals surface area contributed by atoms with Crippen molar-refractivity contribution < 1.29 is 24.5 Å². The Kier molecular flexibility index (Phi) is 4.28. The van der Waals surface area contributed by atoms with Crippen molar-refractivity contribution in [1.29, 1.82) is 0 Å². The minimum absolute atomic E-state index is 0.111. The van der Waals surface area contributed by atoms with Gasteiger partial charge in [0.15, 0.2) is 11.9 Å². The monoisotopic (exact) mass is 346 g/mol. The maximum absolute atomic E-state index is 12.5. The van der Waals surface area contributed by atoms with Crippen molar-refractivity contribution in [2.45, 2.75) is 45.9 Å². The summed E-state index contributed by atoms with van der Waals surface area (Å²) < 4.78 is 5.79. The normalized spacial score (nSPS) is 23.8. The second-order valence-corrected chi connectivity index (χ2v) is 7.44. The maximum atomic E-state index is 12.5. The van der Waals surface area contributed by atoms with Gasteiger partial charge in [0.1, 0.15) is 11.7 Å². The van der Waals surface area contributed by atoms with Crippen LogP contribution in [0.4, 0.5) is 0 Å². The summed E-state index contributed by atoms with van der Waals surface area (Å²) in [4.78, 5) is 29.1. The number of aryl methyl sites for hydroxylation is 1. The summed E-state index contributed by atoms with van der Waals surface area (Å²) in [6.07, 6.45) is 2.72. The third-order valence-electron chi connectivity index (χ3n) is 4.56. The summed E-state index contributed by atoms with van der Waals surface area (Å²) in [5, 5.41) is 19.9. The number of pyridine rings is 1. The number of nitrogens with zero attached hydrogens (tertiary/aromatic N) is 2. The minimum atomic E-state index is -1.19. The van der Waals surface area contributed by atoms with Gasteiger partial charge in [-0.3, -0.25) is 14.7 Å². The molecule has 0 unspecified atom stereocenters. The molecule has 1 aromatic heterocycles. The molecular formula is C18H22N2O5. The number of carboxylic acid groups (broad SMARTS) is 1. The lowest BCUT2D eigenvalue weighted by Crippen LogP contribution is -2.63. The fourth-order valence-electron chi connectivity index (χ4n) is 3.27. The molecule has 2 aliphatic rings. The van der Waals surface area contributed by atoms with Gasteiger partial charge in [-0.05, 0) is 30.5 Å². The van der Waals surface area contributed by atoms with Crippen molar-refractivity contribution in [1.82, 2.24) is 9.88 Å². The number of ether oxygens (including phenoxy) is 1. The van der Waals surface area contributed by atoms with Gasteiger partial charge >= 0.3 is 5.97 Å². The molecule has 1 fully saturated rings. The average molecular weight is 346 g/mol. The molecule has 0 radical (unpaired) electrons. The molecule has 0 aromatic carbocycles. The molecule has 3 heterocycles. The highest BCUT2D eigenvalue weighted by Gasteiger charge is 2.60. The van der Waals surface area contributed by atoms with Crippen molar-refractivity contribution in [2.75, 3.05) is 0 Å². The van der Waals surface area contributed by atoms with E-state index in [2.05, 4.69) is 4.98 Å². The van der Waals surface area contributed by atoms with E-state index in [4.69, 9.17) is 4.74 Å². The van der Waals surface area contributed by atoms with Gasteiger partial charge in [0.2, 0.25) is 5.91 Å². The predicted molar refractivity (Wildman–Crippen MR) is 87.9 cm³/mol. The van der Waals surface area contributed by atoms with Gasteiger partial charge in [-0.2, -0.15) is 0 Å². The molecule has 1 amide bonds. The van der Waals surface area contributed by atoms with Crippen LogP contribution in [0, 0.1) is 11.3 Å². The molecule has 0 aliphatic carbocycles. The van der Waals surface area contributed by atoms with Gasteiger partial charge in [-0.15, -0.1) is 0 Å². The van der Waals surface area contributed by atoms with Gasteiger partial charge in [0, 0.05) is 17.8 Å². The summed E-state index contributed by atoms with van der Waals surface area (Å²) in [5.41, 5.74) is 0.363. The summed E-state index contributed by atoms with van der Waals surface area (Å²) in [6.45, 7) is 5.49. The van der Waals surface area contributed by atoms with Gasteiger partial charge in [-0.1, -0.05) is 20.8 Å². The number of allylic oxidation sites excluding steroid dienone is 1. The second-order valence-electron chi connectivity index (χ2n) is 7.44. The molecule has 3 atom stereocenters. The van der Waals surface area contributed by atoms with Crippen LogP contribution in [-0.2, 0) is 20.7 Å². The van der Waals surface area contributed by atoms with Crippen molar-refractivity contribution >= 4 is 11.9 Å². The zero-order valence-electron chi connectivity index (χ0n) is 14.5. The fourth-order valence-corrected chi connectivity index (χ4v) is 3.27. The highest BCUT2D eigenvalue weighted by molar-refractivity contribution is 5.98. The first-order valence-electron chi connectivity index (χ1n) is 8.26. The summed E-state index contributed by atoms with van der Waals surface area (Å²) in [7, 11) is 0. The number of carbonyl (C=O) groups excluding carboxylic acids is 1. The van der Waals surface area contributed by atoms with Crippen LogP contribution in [-0.4, -0.2) is 44.3 Å². The Hall–Kier alpha value is -2.41. The molecule has 7 heteroatoms.